The van der Waals surface area contributed by atoms with Crippen LogP contribution in [0.2, 0.25) is 10.0 Å². The normalized spacial score (nSPS) is 12.2. The lowest BCUT2D eigenvalue weighted by atomic mass is 10.1. The molecule has 21 heavy (non-hydrogen) atoms. The van der Waals surface area contributed by atoms with Crippen molar-refractivity contribution in [1.29, 1.82) is 0 Å². The molecule has 2 aromatic rings. The summed E-state index contributed by atoms with van der Waals surface area (Å²) < 4.78 is 5.86. The van der Waals surface area contributed by atoms with Crippen LogP contribution < -0.4 is 10.1 Å². The van der Waals surface area contributed by atoms with Crippen LogP contribution in [0.4, 0.5) is 0 Å². The first kappa shape index (κ1) is 16.2. The highest BCUT2D eigenvalue weighted by Crippen LogP contribution is 2.33. The Kier molecular flexibility index (Phi) is 5.51. The van der Waals surface area contributed by atoms with Crippen LogP contribution in [0.5, 0.6) is 11.5 Å². The summed E-state index contributed by atoms with van der Waals surface area (Å²) in [4.78, 5) is 0. The van der Waals surface area contributed by atoms with Crippen LogP contribution in [0.3, 0.4) is 0 Å². The number of hydrogen-bond acceptors (Lipinski definition) is 2. The minimum Gasteiger partial charge on any atom is -0.456 e. The Morgan fingerprint density at radius 2 is 1.86 bits per heavy atom. The van der Waals surface area contributed by atoms with Gasteiger partial charge in [-0.2, -0.15) is 0 Å². The molecule has 0 aliphatic carbocycles. The smallest absolute Gasteiger partial charge is 0.146 e. The Morgan fingerprint density at radius 1 is 1.10 bits per heavy atom. The fourth-order valence-corrected chi connectivity index (χ4v) is 2.53. The quantitative estimate of drug-likeness (QED) is 0.770. The molecule has 0 spiro atoms. The molecule has 0 heterocycles. The lowest BCUT2D eigenvalue weighted by Gasteiger charge is -2.14. The molecule has 1 N–H and O–H groups in total. The van der Waals surface area contributed by atoms with Gasteiger partial charge >= 0.3 is 0 Å². The Hall–Kier alpha value is -1.22. The summed E-state index contributed by atoms with van der Waals surface area (Å²) in [6.45, 7) is 4.14. The first-order chi connectivity index (χ1) is 10.0. The van der Waals surface area contributed by atoms with Crippen molar-refractivity contribution in [3.05, 3.63) is 57.6 Å². The predicted octanol–water partition coefficient (Wildman–Crippen LogP) is 5.63. The standard InChI is InChI=1S/C17H19Cl2NO/c1-4-12-9-14(6-7-15(12)18)21-17-8-5-13(10-16(17)19)11(2)20-3/h5-11,20H,4H2,1-3H3. The largest absolute Gasteiger partial charge is 0.456 e. The van der Waals surface area contributed by atoms with Crippen LogP contribution in [0.15, 0.2) is 36.4 Å². The molecule has 0 bridgehead atoms. The zero-order valence-electron chi connectivity index (χ0n) is 12.4. The lowest BCUT2D eigenvalue weighted by Crippen LogP contribution is -2.12. The number of ether oxygens (including phenoxy) is 1. The van der Waals surface area contributed by atoms with E-state index in [1.165, 1.54) is 0 Å². The van der Waals surface area contributed by atoms with Crippen molar-refractivity contribution in [1.82, 2.24) is 5.32 Å². The van der Waals surface area contributed by atoms with Gasteiger partial charge in [-0.25, -0.2) is 0 Å². The van der Waals surface area contributed by atoms with Crippen LogP contribution in [-0.4, -0.2) is 7.05 Å². The zero-order valence-corrected chi connectivity index (χ0v) is 13.9. The van der Waals surface area contributed by atoms with Gasteiger partial charge in [-0.1, -0.05) is 36.2 Å². The van der Waals surface area contributed by atoms with E-state index in [2.05, 4.69) is 19.2 Å². The van der Waals surface area contributed by atoms with Gasteiger partial charge in [0.25, 0.3) is 0 Å². The van der Waals surface area contributed by atoms with E-state index in [9.17, 15) is 0 Å². The molecule has 0 aliphatic heterocycles. The van der Waals surface area contributed by atoms with Gasteiger partial charge in [0.15, 0.2) is 0 Å². The monoisotopic (exact) mass is 323 g/mol. The summed E-state index contributed by atoms with van der Waals surface area (Å²) in [5, 5.41) is 4.54. The number of hydrogen-bond donors (Lipinski definition) is 1. The molecule has 0 saturated carbocycles. The van der Waals surface area contributed by atoms with Gasteiger partial charge in [-0.15, -0.1) is 0 Å². The molecule has 112 valence electrons. The minimum atomic E-state index is 0.249. The molecule has 1 unspecified atom stereocenters. The second kappa shape index (κ2) is 7.17. The van der Waals surface area contributed by atoms with E-state index >= 15 is 0 Å². The Balaban J connectivity index is 2.24. The second-order valence-corrected chi connectivity index (χ2v) is 5.72. The molecular formula is C17H19Cl2NO. The third-order valence-electron chi connectivity index (χ3n) is 3.51. The van der Waals surface area contributed by atoms with Crippen molar-refractivity contribution in [2.45, 2.75) is 26.3 Å². The van der Waals surface area contributed by atoms with E-state index in [1.54, 1.807) is 0 Å². The molecule has 2 nitrogen and oxygen atoms in total. The summed E-state index contributed by atoms with van der Waals surface area (Å²) in [6, 6.07) is 11.7. The summed E-state index contributed by atoms with van der Waals surface area (Å²) >= 11 is 12.4. The highest BCUT2D eigenvalue weighted by Gasteiger charge is 2.09. The van der Waals surface area contributed by atoms with Gasteiger partial charge in [-0.05, 0) is 61.9 Å². The molecule has 4 heteroatoms. The molecule has 0 radical (unpaired) electrons. The minimum absolute atomic E-state index is 0.249. The van der Waals surface area contributed by atoms with Crippen LogP contribution in [0, 0.1) is 0 Å². The average molecular weight is 324 g/mol. The van der Waals surface area contributed by atoms with Crippen molar-refractivity contribution in [3.63, 3.8) is 0 Å². The summed E-state index contributed by atoms with van der Waals surface area (Å²) in [6.07, 6.45) is 0.863. The highest BCUT2D eigenvalue weighted by molar-refractivity contribution is 6.32. The number of nitrogens with one attached hydrogen (secondary N) is 1. The first-order valence-electron chi connectivity index (χ1n) is 6.98. The van der Waals surface area contributed by atoms with Crippen LogP contribution in [-0.2, 0) is 6.42 Å². The Labute approximate surface area is 136 Å². The maximum Gasteiger partial charge on any atom is 0.146 e. The van der Waals surface area contributed by atoms with Crippen molar-refractivity contribution in [2.24, 2.45) is 0 Å². The SMILES string of the molecule is CCc1cc(Oc2ccc(C(C)NC)cc2Cl)ccc1Cl. The molecule has 0 aromatic heterocycles. The van der Waals surface area contributed by atoms with Gasteiger partial charge in [0.1, 0.15) is 11.5 Å². The van der Waals surface area contributed by atoms with Gasteiger partial charge in [0.2, 0.25) is 0 Å². The van der Waals surface area contributed by atoms with Gasteiger partial charge in [0.05, 0.1) is 5.02 Å². The first-order valence-corrected chi connectivity index (χ1v) is 7.73. The van der Waals surface area contributed by atoms with Crippen molar-refractivity contribution in [2.75, 3.05) is 7.05 Å². The maximum atomic E-state index is 6.31. The summed E-state index contributed by atoms with van der Waals surface area (Å²) in [7, 11) is 1.92. The van der Waals surface area contributed by atoms with Crippen molar-refractivity contribution < 1.29 is 4.74 Å². The third-order valence-corrected chi connectivity index (χ3v) is 4.18. The number of aryl methyl sites for hydroxylation is 1. The third kappa shape index (κ3) is 3.91. The number of rotatable bonds is 5. The fourth-order valence-electron chi connectivity index (χ4n) is 2.05. The Morgan fingerprint density at radius 3 is 2.48 bits per heavy atom. The summed E-state index contributed by atoms with van der Waals surface area (Å²) in [5.41, 5.74) is 2.19. The van der Waals surface area contributed by atoms with E-state index < -0.39 is 0 Å². The molecule has 0 saturated heterocycles. The molecule has 1 atom stereocenters. The van der Waals surface area contributed by atoms with E-state index in [0.29, 0.717) is 10.8 Å². The van der Waals surface area contributed by atoms with E-state index in [-0.39, 0.29) is 6.04 Å². The van der Waals surface area contributed by atoms with Gasteiger partial charge < -0.3 is 10.1 Å². The van der Waals surface area contributed by atoms with Crippen molar-refractivity contribution >= 4 is 23.2 Å². The zero-order chi connectivity index (χ0) is 15.4. The van der Waals surface area contributed by atoms with Crippen molar-refractivity contribution in [3.8, 4) is 11.5 Å². The van der Waals surface area contributed by atoms with Crippen LogP contribution in [0.1, 0.15) is 31.0 Å². The topological polar surface area (TPSA) is 21.3 Å². The maximum absolute atomic E-state index is 6.31. The highest BCUT2D eigenvalue weighted by atomic mass is 35.5. The van der Waals surface area contributed by atoms with E-state index in [0.717, 1.165) is 28.3 Å². The van der Waals surface area contributed by atoms with Gasteiger partial charge in [0, 0.05) is 11.1 Å². The average Bonchev–Trinajstić information content (AvgIpc) is 2.50. The van der Waals surface area contributed by atoms with E-state index in [1.807, 2.05) is 43.4 Å². The summed E-state index contributed by atoms with van der Waals surface area (Å²) in [5.74, 6) is 1.39. The number of halogens is 2. The predicted molar refractivity (Wildman–Crippen MR) is 89.8 cm³/mol. The Bertz CT molecular complexity index is 628. The molecule has 0 fully saturated rings. The van der Waals surface area contributed by atoms with Gasteiger partial charge in [-0.3, -0.25) is 0 Å². The molecule has 2 rings (SSSR count). The molecule has 0 aliphatic rings. The van der Waals surface area contributed by atoms with Crippen LogP contribution >= 0.6 is 23.2 Å². The molecular weight excluding hydrogens is 305 g/mol. The van der Waals surface area contributed by atoms with E-state index in [4.69, 9.17) is 27.9 Å². The molecule has 2 aromatic carbocycles. The fraction of sp³-hybridized carbons (Fsp3) is 0.294. The molecule has 0 amide bonds. The second-order valence-electron chi connectivity index (χ2n) is 4.91. The number of benzene rings is 2. The lowest BCUT2D eigenvalue weighted by molar-refractivity contribution is 0.481. The van der Waals surface area contributed by atoms with Crippen LogP contribution in [0.25, 0.3) is 0 Å².